The van der Waals surface area contributed by atoms with Gasteiger partial charge >= 0.3 is 0 Å². The number of anilines is 1. The van der Waals surface area contributed by atoms with Crippen LogP contribution in [0.2, 0.25) is 0 Å². The van der Waals surface area contributed by atoms with Crippen LogP contribution in [0.5, 0.6) is 11.6 Å². The molecule has 3 aromatic heterocycles. The summed E-state index contributed by atoms with van der Waals surface area (Å²) in [5.41, 5.74) is 1.29. The number of rotatable bonds is 8. The second-order valence-corrected chi connectivity index (χ2v) is 11.3. The Balaban J connectivity index is 1.41. The average Bonchev–Trinajstić information content (AvgIpc) is 3.30. The van der Waals surface area contributed by atoms with E-state index in [1.807, 2.05) is 6.92 Å². The number of ether oxygens (including phenoxy) is 2. The molecule has 1 saturated heterocycles. The van der Waals surface area contributed by atoms with E-state index in [9.17, 15) is 8.42 Å². The number of sulfonamides is 1. The van der Waals surface area contributed by atoms with Gasteiger partial charge < -0.3 is 14.4 Å². The van der Waals surface area contributed by atoms with E-state index in [1.54, 1.807) is 0 Å². The van der Waals surface area contributed by atoms with Crippen molar-refractivity contribution >= 4 is 26.7 Å². The van der Waals surface area contributed by atoms with Gasteiger partial charge in [0, 0.05) is 37.0 Å². The number of fused-ring (bicyclic) bond motifs is 1. The number of hydrogen-bond donors (Lipinski definition) is 2. The quantitative estimate of drug-likeness (QED) is 0.332. The number of hydrogen-bond acceptors (Lipinski definition) is 9. The van der Waals surface area contributed by atoms with E-state index in [-0.39, 0.29) is 22.6 Å². The fourth-order valence-corrected chi connectivity index (χ4v) is 5.55. The number of nitrogens with zero attached hydrogens (tertiary/aromatic N) is 5. The smallest absolute Gasteiger partial charge is 0.279 e. The molecular formula is C26H30FN7O4S. The van der Waals surface area contributed by atoms with E-state index in [2.05, 4.69) is 48.6 Å². The van der Waals surface area contributed by atoms with Gasteiger partial charge in [0.05, 0.1) is 18.5 Å². The van der Waals surface area contributed by atoms with Crippen molar-refractivity contribution < 1.29 is 22.3 Å². The Morgan fingerprint density at radius 2 is 1.92 bits per heavy atom. The van der Waals surface area contributed by atoms with E-state index >= 15 is 4.39 Å². The predicted molar refractivity (Wildman–Crippen MR) is 144 cm³/mol. The first-order chi connectivity index (χ1) is 18.6. The maximum absolute atomic E-state index is 15.1. The molecule has 0 spiro atoms. The van der Waals surface area contributed by atoms with Gasteiger partial charge in [0.1, 0.15) is 23.1 Å². The van der Waals surface area contributed by atoms with E-state index < -0.39 is 15.8 Å². The Morgan fingerprint density at radius 1 is 1.15 bits per heavy atom. The maximum atomic E-state index is 15.1. The molecule has 0 atom stereocenters. The van der Waals surface area contributed by atoms with Crippen LogP contribution in [0.3, 0.4) is 0 Å². The van der Waals surface area contributed by atoms with Crippen molar-refractivity contribution in [1.29, 1.82) is 0 Å². The number of benzene rings is 1. The normalized spacial score (nSPS) is 15.1. The molecule has 1 aliphatic heterocycles. The van der Waals surface area contributed by atoms with Gasteiger partial charge in [0.15, 0.2) is 16.5 Å². The Labute approximate surface area is 225 Å². The number of pyridine rings is 1. The molecule has 13 heteroatoms. The summed E-state index contributed by atoms with van der Waals surface area (Å²) in [4.78, 5) is 15.4. The highest BCUT2D eigenvalue weighted by Crippen LogP contribution is 2.31. The van der Waals surface area contributed by atoms with Crippen molar-refractivity contribution in [3.8, 4) is 23.0 Å². The van der Waals surface area contributed by atoms with Crippen LogP contribution in [-0.4, -0.2) is 70.8 Å². The van der Waals surface area contributed by atoms with Crippen molar-refractivity contribution in [3.63, 3.8) is 0 Å². The van der Waals surface area contributed by atoms with E-state index in [0.717, 1.165) is 25.9 Å². The highest BCUT2D eigenvalue weighted by molar-refractivity contribution is 7.92. The monoisotopic (exact) mass is 555 g/mol. The first-order valence-corrected chi connectivity index (χ1v) is 14.1. The number of methoxy groups -OCH3 is 1. The number of H-pyrrole nitrogens is 1. The Kier molecular flexibility index (Phi) is 7.36. The van der Waals surface area contributed by atoms with Gasteiger partial charge in [-0.1, -0.05) is 0 Å². The summed E-state index contributed by atoms with van der Waals surface area (Å²) in [6, 6.07) is 7.27. The first-order valence-electron chi connectivity index (χ1n) is 12.6. The summed E-state index contributed by atoms with van der Waals surface area (Å²) in [6.45, 7) is 8.07. The van der Waals surface area contributed by atoms with E-state index in [4.69, 9.17) is 9.47 Å². The Morgan fingerprint density at radius 3 is 2.62 bits per heavy atom. The van der Waals surface area contributed by atoms with Crippen LogP contribution in [0.4, 0.5) is 10.1 Å². The first kappa shape index (κ1) is 26.8. The van der Waals surface area contributed by atoms with Crippen LogP contribution in [-0.2, 0) is 10.0 Å². The fourth-order valence-electron chi connectivity index (χ4n) is 4.52. The SMILES string of the molecule is COc1ccnc(S(=O)(=O)Nc2ccc(-c3nc(OC4CCN(C(C)C)CC4)c4c(C)n[nH]c4n3)cc2F)c1. The Hall–Kier alpha value is -3.84. The van der Waals surface area contributed by atoms with Gasteiger partial charge in [0.2, 0.25) is 5.88 Å². The molecule has 0 radical (unpaired) electrons. The molecular weight excluding hydrogens is 525 g/mol. The van der Waals surface area contributed by atoms with Crippen LogP contribution >= 0.6 is 0 Å². The van der Waals surface area contributed by atoms with E-state index in [1.165, 1.54) is 43.6 Å². The number of aromatic amines is 1. The topological polar surface area (TPSA) is 135 Å². The molecule has 0 saturated carbocycles. The molecule has 4 heterocycles. The van der Waals surface area contributed by atoms with E-state index in [0.29, 0.717) is 40.0 Å². The lowest BCUT2D eigenvalue weighted by atomic mass is 10.1. The van der Waals surface area contributed by atoms with Gasteiger partial charge in [-0.25, -0.2) is 14.4 Å². The Bertz CT molecular complexity index is 1600. The lowest BCUT2D eigenvalue weighted by Crippen LogP contribution is -2.41. The van der Waals surface area contributed by atoms with Crippen LogP contribution in [0.25, 0.3) is 22.4 Å². The van der Waals surface area contributed by atoms with Crippen LogP contribution in [0, 0.1) is 12.7 Å². The minimum Gasteiger partial charge on any atom is -0.497 e. The molecule has 4 aromatic rings. The summed E-state index contributed by atoms with van der Waals surface area (Å²) in [5.74, 6) is 0.125. The maximum Gasteiger partial charge on any atom is 0.279 e. The second-order valence-electron chi connectivity index (χ2n) is 9.67. The van der Waals surface area contributed by atoms with Crippen LogP contribution in [0.1, 0.15) is 32.4 Å². The number of nitrogens with one attached hydrogen (secondary N) is 2. The molecule has 11 nitrogen and oxygen atoms in total. The van der Waals surface area contributed by atoms with Crippen molar-refractivity contribution in [2.45, 2.75) is 50.8 Å². The van der Waals surface area contributed by atoms with Gasteiger partial charge in [-0.05, 0) is 57.9 Å². The third-order valence-corrected chi connectivity index (χ3v) is 8.00. The summed E-state index contributed by atoms with van der Waals surface area (Å²) in [5, 5.41) is 7.53. The predicted octanol–water partition coefficient (Wildman–Crippen LogP) is 3.92. The minimum absolute atomic E-state index is 0.0148. The van der Waals surface area contributed by atoms with Crippen molar-refractivity contribution in [2.24, 2.45) is 0 Å². The molecule has 0 unspecified atom stereocenters. The third-order valence-electron chi connectivity index (χ3n) is 6.74. The number of aryl methyl sites for hydroxylation is 1. The molecule has 0 bridgehead atoms. The molecule has 1 fully saturated rings. The zero-order valence-electron chi connectivity index (χ0n) is 22.1. The third kappa shape index (κ3) is 5.64. The summed E-state index contributed by atoms with van der Waals surface area (Å²) in [7, 11) is -2.74. The van der Waals surface area contributed by atoms with Gasteiger partial charge in [-0.15, -0.1) is 0 Å². The fraction of sp³-hybridized carbons (Fsp3) is 0.385. The minimum atomic E-state index is -4.15. The van der Waals surface area contributed by atoms with Gasteiger partial charge in [-0.3, -0.25) is 9.82 Å². The van der Waals surface area contributed by atoms with Gasteiger partial charge in [0.25, 0.3) is 10.0 Å². The average molecular weight is 556 g/mol. The zero-order chi connectivity index (χ0) is 27.7. The molecule has 2 N–H and O–H groups in total. The zero-order valence-corrected chi connectivity index (χ0v) is 22.9. The summed E-state index contributed by atoms with van der Waals surface area (Å²) < 4.78 is 54.3. The second kappa shape index (κ2) is 10.7. The lowest BCUT2D eigenvalue weighted by Gasteiger charge is -2.34. The molecule has 206 valence electrons. The van der Waals surface area contributed by atoms with Crippen molar-refractivity contribution in [2.75, 3.05) is 24.9 Å². The molecule has 0 aliphatic carbocycles. The highest BCUT2D eigenvalue weighted by Gasteiger charge is 2.25. The number of aromatic nitrogens is 5. The molecule has 5 rings (SSSR count). The molecule has 1 aromatic carbocycles. The van der Waals surface area contributed by atoms with Crippen LogP contribution < -0.4 is 14.2 Å². The van der Waals surface area contributed by atoms with Crippen LogP contribution in [0.15, 0.2) is 41.6 Å². The number of halogens is 1. The van der Waals surface area contributed by atoms with Crippen molar-refractivity contribution in [1.82, 2.24) is 30.0 Å². The standard InChI is InChI=1S/C26H30FN7O4S/c1-15(2)34-11-8-18(9-12-34)38-26-23-16(3)31-32-25(23)29-24(30-26)17-5-6-21(20(27)13-17)33-39(35,36)22-14-19(37-4)7-10-28-22/h5-7,10,13-15,18,33H,8-9,11-12H2,1-4H3,(H,29,30,31,32). The van der Waals surface area contributed by atoms with Gasteiger partial charge in [-0.2, -0.15) is 18.5 Å². The number of likely N-dealkylation sites (tertiary alicyclic amines) is 1. The lowest BCUT2D eigenvalue weighted by molar-refractivity contribution is 0.0824. The number of piperidine rings is 1. The summed E-state index contributed by atoms with van der Waals surface area (Å²) >= 11 is 0. The molecule has 39 heavy (non-hydrogen) atoms. The molecule has 0 amide bonds. The largest absolute Gasteiger partial charge is 0.497 e. The van der Waals surface area contributed by atoms with Crippen molar-refractivity contribution in [3.05, 3.63) is 48.0 Å². The highest BCUT2D eigenvalue weighted by atomic mass is 32.2. The summed E-state index contributed by atoms with van der Waals surface area (Å²) in [6.07, 6.45) is 3.01. The molecule has 1 aliphatic rings.